The number of hydrogen-bond acceptors (Lipinski definition) is 4. The number of benzene rings is 1. The van der Waals surface area contributed by atoms with E-state index in [4.69, 9.17) is 10.9 Å². The van der Waals surface area contributed by atoms with Gasteiger partial charge in [0.15, 0.2) is 5.84 Å². The molecule has 104 valence electrons. The molecule has 0 saturated heterocycles. The van der Waals surface area contributed by atoms with Crippen molar-refractivity contribution in [1.29, 1.82) is 0 Å². The summed E-state index contributed by atoms with van der Waals surface area (Å²) in [5.74, 6) is -0.0423. The summed E-state index contributed by atoms with van der Waals surface area (Å²) in [7, 11) is 1.65. The maximum atomic E-state index is 12.2. The molecule has 0 saturated carbocycles. The highest BCUT2D eigenvalue weighted by Crippen LogP contribution is 2.16. The Morgan fingerprint density at radius 2 is 2.30 bits per heavy atom. The van der Waals surface area contributed by atoms with Crippen molar-refractivity contribution in [2.24, 2.45) is 17.9 Å². The monoisotopic (exact) mass is 385 g/mol. The molecule has 0 radical (unpaired) electrons. The SMILES string of the molecule is Cn1ncc(C(N)=NO)c1NC(=O)c1cccc(I)c1. The second-order valence-electron chi connectivity index (χ2n) is 3.98. The fraction of sp³-hybridized carbons (Fsp3) is 0.0833. The Hall–Kier alpha value is -2.10. The van der Waals surface area contributed by atoms with E-state index >= 15 is 0 Å². The van der Waals surface area contributed by atoms with Gasteiger partial charge in [-0.05, 0) is 40.8 Å². The van der Waals surface area contributed by atoms with Crippen LogP contribution in [0.3, 0.4) is 0 Å². The lowest BCUT2D eigenvalue weighted by Crippen LogP contribution is -2.20. The van der Waals surface area contributed by atoms with E-state index in [1.807, 2.05) is 6.07 Å². The smallest absolute Gasteiger partial charge is 0.256 e. The Labute approximate surface area is 128 Å². The number of aryl methyl sites for hydroxylation is 1. The van der Waals surface area contributed by atoms with Gasteiger partial charge in [0.05, 0.1) is 11.8 Å². The normalized spacial score (nSPS) is 11.4. The maximum Gasteiger partial charge on any atom is 0.256 e. The number of halogens is 1. The molecular weight excluding hydrogens is 373 g/mol. The molecule has 2 rings (SSSR count). The van der Waals surface area contributed by atoms with Crippen LogP contribution in [-0.2, 0) is 7.05 Å². The first-order valence-electron chi connectivity index (χ1n) is 5.59. The molecule has 1 aromatic carbocycles. The van der Waals surface area contributed by atoms with Gasteiger partial charge in [-0.25, -0.2) is 0 Å². The van der Waals surface area contributed by atoms with Gasteiger partial charge in [-0.2, -0.15) is 5.10 Å². The summed E-state index contributed by atoms with van der Waals surface area (Å²) in [5.41, 5.74) is 6.41. The highest BCUT2D eigenvalue weighted by atomic mass is 127. The van der Waals surface area contributed by atoms with E-state index in [2.05, 4.69) is 38.2 Å². The Bertz CT molecular complexity index is 680. The van der Waals surface area contributed by atoms with Gasteiger partial charge in [0.2, 0.25) is 0 Å². The maximum absolute atomic E-state index is 12.2. The Balaban J connectivity index is 2.31. The number of hydrogen-bond donors (Lipinski definition) is 3. The first-order chi connectivity index (χ1) is 9.52. The van der Waals surface area contributed by atoms with Crippen molar-refractivity contribution in [1.82, 2.24) is 9.78 Å². The number of oxime groups is 1. The topological polar surface area (TPSA) is 106 Å². The lowest BCUT2D eigenvalue weighted by molar-refractivity contribution is 0.102. The quantitative estimate of drug-likeness (QED) is 0.244. The van der Waals surface area contributed by atoms with Crippen LogP contribution in [0.5, 0.6) is 0 Å². The average molecular weight is 385 g/mol. The van der Waals surface area contributed by atoms with Crippen molar-refractivity contribution < 1.29 is 10.0 Å². The lowest BCUT2D eigenvalue weighted by Gasteiger charge is -2.08. The molecule has 0 aliphatic carbocycles. The number of nitrogens with one attached hydrogen (secondary N) is 1. The van der Waals surface area contributed by atoms with Crippen LogP contribution in [-0.4, -0.2) is 26.7 Å². The fourth-order valence-electron chi connectivity index (χ4n) is 1.64. The summed E-state index contributed by atoms with van der Waals surface area (Å²) in [4.78, 5) is 12.2. The van der Waals surface area contributed by atoms with Gasteiger partial charge in [0, 0.05) is 16.2 Å². The van der Waals surface area contributed by atoms with Crippen molar-refractivity contribution in [3.05, 3.63) is 45.2 Å². The van der Waals surface area contributed by atoms with Crippen LogP contribution in [0.25, 0.3) is 0 Å². The number of amidine groups is 1. The largest absolute Gasteiger partial charge is 0.409 e. The van der Waals surface area contributed by atoms with E-state index < -0.39 is 0 Å². The van der Waals surface area contributed by atoms with Crippen LogP contribution < -0.4 is 11.1 Å². The van der Waals surface area contributed by atoms with Crippen molar-refractivity contribution in [2.45, 2.75) is 0 Å². The molecule has 2 aromatic rings. The molecule has 0 fully saturated rings. The zero-order valence-electron chi connectivity index (χ0n) is 10.5. The third kappa shape index (κ3) is 2.90. The number of nitrogens with two attached hydrogens (primary N) is 1. The van der Waals surface area contributed by atoms with E-state index in [-0.39, 0.29) is 11.7 Å². The van der Waals surface area contributed by atoms with E-state index in [0.717, 1.165) is 3.57 Å². The van der Waals surface area contributed by atoms with Crippen LogP contribution in [0.1, 0.15) is 15.9 Å². The minimum Gasteiger partial charge on any atom is -0.409 e. The van der Waals surface area contributed by atoms with E-state index in [0.29, 0.717) is 16.9 Å². The standard InChI is InChI=1S/C12H12IN5O2/c1-18-11(9(6-15-18)10(14)17-20)16-12(19)7-3-2-4-8(13)5-7/h2-6,20H,1H3,(H2,14,17)(H,16,19). The Kier molecular flexibility index (Phi) is 4.23. The van der Waals surface area contributed by atoms with Gasteiger partial charge in [0.1, 0.15) is 5.82 Å². The minimum atomic E-state index is -0.292. The molecule has 0 unspecified atom stereocenters. The third-order valence-corrected chi connectivity index (χ3v) is 3.31. The van der Waals surface area contributed by atoms with Crippen molar-refractivity contribution in [2.75, 3.05) is 5.32 Å². The van der Waals surface area contributed by atoms with E-state index in [1.165, 1.54) is 10.9 Å². The summed E-state index contributed by atoms with van der Waals surface area (Å²) in [5, 5.41) is 18.3. The van der Waals surface area contributed by atoms with Crippen molar-refractivity contribution in [3.63, 3.8) is 0 Å². The first kappa shape index (κ1) is 14.3. The first-order valence-corrected chi connectivity index (χ1v) is 6.67. The third-order valence-electron chi connectivity index (χ3n) is 2.64. The molecule has 20 heavy (non-hydrogen) atoms. The van der Waals surface area contributed by atoms with Gasteiger partial charge in [-0.15, -0.1) is 0 Å². The molecule has 1 aromatic heterocycles. The number of aromatic nitrogens is 2. The average Bonchev–Trinajstić information content (AvgIpc) is 2.79. The molecular formula is C12H12IN5O2. The molecule has 1 amide bonds. The number of nitrogens with zero attached hydrogens (tertiary/aromatic N) is 3. The highest BCUT2D eigenvalue weighted by molar-refractivity contribution is 14.1. The number of anilines is 1. The van der Waals surface area contributed by atoms with Gasteiger partial charge >= 0.3 is 0 Å². The van der Waals surface area contributed by atoms with Gasteiger partial charge in [-0.1, -0.05) is 11.2 Å². The number of carbonyl (C=O) groups excluding carboxylic acids is 1. The summed E-state index contributed by atoms with van der Waals surface area (Å²) in [6.07, 6.45) is 1.42. The number of carbonyl (C=O) groups is 1. The van der Waals surface area contributed by atoms with Crippen LogP contribution in [0, 0.1) is 3.57 Å². The molecule has 0 aliphatic rings. The van der Waals surface area contributed by atoms with Crippen molar-refractivity contribution in [3.8, 4) is 0 Å². The summed E-state index contributed by atoms with van der Waals surface area (Å²) in [6.45, 7) is 0. The molecule has 8 heteroatoms. The van der Waals surface area contributed by atoms with Gasteiger partial charge < -0.3 is 16.3 Å². The van der Waals surface area contributed by atoms with E-state index in [9.17, 15) is 4.79 Å². The number of amides is 1. The highest BCUT2D eigenvalue weighted by Gasteiger charge is 2.16. The van der Waals surface area contributed by atoms with Gasteiger partial charge in [0.25, 0.3) is 5.91 Å². The van der Waals surface area contributed by atoms with Crippen LogP contribution in [0.4, 0.5) is 5.82 Å². The Morgan fingerprint density at radius 3 is 2.95 bits per heavy atom. The fourth-order valence-corrected chi connectivity index (χ4v) is 2.18. The summed E-state index contributed by atoms with van der Waals surface area (Å²) in [6, 6.07) is 7.15. The summed E-state index contributed by atoms with van der Waals surface area (Å²) < 4.78 is 2.40. The molecule has 0 atom stereocenters. The second kappa shape index (κ2) is 5.90. The van der Waals surface area contributed by atoms with Crippen LogP contribution >= 0.6 is 22.6 Å². The number of rotatable bonds is 3. The summed E-state index contributed by atoms with van der Waals surface area (Å²) >= 11 is 2.13. The van der Waals surface area contributed by atoms with Crippen molar-refractivity contribution >= 4 is 40.2 Å². The predicted molar refractivity (Wildman–Crippen MR) is 82.8 cm³/mol. The second-order valence-corrected chi connectivity index (χ2v) is 5.23. The zero-order valence-corrected chi connectivity index (χ0v) is 12.7. The van der Waals surface area contributed by atoms with Crippen LogP contribution in [0.15, 0.2) is 35.6 Å². The molecule has 0 bridgehead atoms. The molecule has 7 nitrogen and oxygen atoms in total. The minimum absolute atomic E-state index is 0.115. The Morgan fingerprint density at radius 1 is 1.55 bits per heavy atom. The van der Waals surface area contributed by atoms with Gasteiger partial charge in [-0.3, -0.25) is 9.48 Å². The molecule has 0 aliphatic heterocycles. The zero-order chi connectivity index (χ0) is 14.7. The lowest BCUT2D eigenvalue weighted by atomic mass is 10.2. The molecule has 0 spiro atoms. The molecule has 4 N–H and O–H groups in total. The van der Waals surface area contributed by atoms with Crippen LogP contribution in [0.2, 0.25) is 0 Å². The molecule has 1 heterocycles. The predicted octanol–water partition coefficient (Wildman–Crippen LogP) is 1.37. The van der Waals surface area contributed by atoms with E-state index in [1.54, 1.807) is 25.2 Å².